The van der Waals surface area contributed by atoms with E-state index in [2.05, 4.69) is 5.32 Å². The number of methoxy groups -OCH3 is 1. The quantitative estimate of drug-likeness (QED) is 0.773. The fourth-order valence-corrected chi connectivity index (χ4v) is 2.31. The van der Waals surface area contributed by atoms with Gasteiger partial charge in [0.1, 0.15) is 0 Å². The van der Waals surface area contributed by atoms with Crippen LogP contribution >= 0.6 is 0 Å². The van der Waals surface area contributed by atoms with E-state index in [9.17, 15) is 4.79 Å². The van der Waals surface area contributed by atoms with Crippen molar-refractivity contribution in [2.75, 3.05) is 33.4 Å². The normalized spacial score (nSPS) is 22.2. The summed E-state index contributed by atoms with van der Waals surface area (Å²) in [6.07, 6.45) is 5.85. The Bertz CT molecular complexity index is 245. The van der Waals surface area contributed by atoms with Crippen LogP contribution in [-0.4, -0.2) is 44.3 Å². The molecule has 0 bridgehead atoms. The fourth-order valence-electron chi connectivity index (χ4n) is 2.31. The summed E-state index contributed by atoms with van der Waals surface area (Å²) < 4.78 is 5.10. The van der Waals surface area contributed by atoms with Gasteiger partial charge in [0.05, 0.1) is 0 Å². The SMILES string of the molecule is COCCC1(CNC(=O)N2CCCC2)CC1. The summed E-state index contributed by atoms with van der Waals surface area (Å²) in [5.41, 5.74) is 0.353. The van der Waals surface area contributed by atoms with E-state index in [0.717, 1.165) is 45.5 Å². The second-order valence-electron chi connectivity index (χ2n) is 5.10. The fraction of sp³-hybridized carbons (Fsp3) is 0.917. The third-order valence-electron chi connectivity index (χ3n) is 3.80. The summed E-state index contributed by atoms with van der Waals surface area (Å²) in [7, 11) is 1.74. The molecule has 4 nitrogen and oxygen atoms in total. The van der Waals surface area contributed by atoms with E-state index in [1.54, 1.807) is 7.11 Å². The average molecular weight is 226 g/mol. The molecule has 1 saturated carbocycles. The second-order valence-corrected chi connectivity index (χ2v) is 5.10. The molecule has 1 heterocycles. The number of hydrogen-bond acceptors (Lipinski definition) is 2. The molecule has 2 fully saturated rings. The smallest absolute Gasteiger partial charge is 0.317 e. The van der Waals surface area contributed by atoms with Gasteiger partial charge < -0.3 is 15.0 Å². The summed E-state index contributed by atoms with van der Waals surface area (Å²) in [6, 6.07) is 0.126. The highest BCUT2D eigenvalue weighted by atomic mass is 16.5. The molecule has 2 aliphatic rings. The van der Waals surface area contributed by atoms with Crippen LogP contribution in [0.3, 0.4) is 0 Å². The van der Waals surface area contributed by atoms with E-state index in [1.807, 2.05) is 4.90 Å². The molecular weight excluding hydrogens is 204 g/mol. The molecule has 0 atom stereocenters. The lowest BCUT2D eigenvalue weighted by Crippen LogP contribution is -2.40. The van der Waals surface area contributed by atoms with Gasteiger partial charge in [-0.3, -0.25) is 0 Å². The molecule has 2 rings (SSSR count). The van der Waals surface area contributed by atoms with Gasteiger partial charge in [-0.05, 0) is 37.5 Å². The monoisotopic (exact) mass is 226 g/mol. The van der Waals surface area contributed by atoms with Gasteiger partial charge in [-0.2, -0.15) is 0 Å². The third kappa shape index (κ3) is 2.88. The minimum atomic E-state index is 0.126. The van der Waals surface area contributed by atoms with E-state index >= 15 is 0 Å². The molecule has 92 valence electrons. The van der Waals surface area contributed by atoms with Crippen molar-refractivity contribution in [3.63, 3.8) is 0 Å². The largest absolute Gasteiger partial charge is 0.385 e. The van der Waals surface area contributed by atoms with Crippen LogP contribution in [0.2, 0.25) is 0 Å². The van der Waals surface area contributed by atoms with Crippen molar-refractivity contribution in [3.8, 4) is 0 Å². The number of ether oxygens (including phenoxy) is 1. The standard InChI is InChI=1S/C12H22N2O2/c1-16-9-6-12(4-5-12)10-13-11(15)14-7-2-3-8-14/h2-10H2,1H3,(H,13,15). The lowest BCUT2D eigenvalue weighted by atomic mass is 10.0. The van der Waals surface area contributed by atoms with Crippen LogP contribution in [0, 0.1) is 5.41 Å². The molecule has 0 aromatic rings. The van der Waals surface area contributed by atoms with Gasteiger partial charge in [-0.15, -0.1) is 0 Å². The lowest BCUT2D eigenvalue weighted by molar-refractivity contribution is 0.168. The number of urea groups is 1. The molecule has 1 saturated heterocycles. The van der Waals surface area contributed by atoms with Crippen LogP contribution in [0.1, 0.15) is 32.1 Å². The highest BCUT2D eigenvalue weighted by molar-refractivity contribution is 5.74. The van der Waals surface area contributed by atoms with Gasteiger partial charge in [0.25, 0.3) is 0 Å². The summed E-state index contributed by atoms with van der Waals surface area (Å²) in [5, 5.41) is 3.07. The van der Waals surface area contributed by atoms with Gasteiger partial charge in [0.15, 0.2) is 0 Å². The summed E-state index contributed by atoms with van der Waals surface area (Å²) in [6.45, 7) is 3.49. The zero-order valence-corrected chi connectivity index (χ0v) is 10.1. The van der Waals surface area contributed by atoms with Crippen molar-refractivity contribution in [1.82, 2.24) is 10.2 Å². The molecule has 1 aliphatic heterocycles. The number of likely N-dealkylation sites (tertiary alicyclic amines) is 1. The Kier molecular flexibility index (Phi) is 3.69. The van der Waals surface area contributed by atoms with E-state index in [-0.39, 0.29) is 6.03 Å². The van der Waals surface area contributed by atoms with E-state index in [1.165, 1.54) is 12.8 Å². The zero-order chi connectivity index (χ0) is 11.4. The predicted octanol–water partition coefficient (Wildman–Crippen LogP) is 1.61. The predicted molar refractivity (Wildman–Crippen MR) is 62.4 cm³/mol. The first-order valence-electron chi connectivity index (χ1n) is 6.27. The Labute approximate surface area is 97.3 Å². The van der Waals surface area contributed by atoms with Gasteiger partial charge in [-0.1, -0.05) is 0 Å². The molecule has 4 heteroatoms. The Morgan fingerprint density at radius 2 is 2.06 bits per heavy atom. The van der Waals surface area contributed by atoms with E-state index in [4.69, 9.17) is 4.74 Å². The summed E-state index contributed by atoms with van der Waals surface area (Å²) in [5.74, 6) is 0. The third-order valence-corrected chi connectivity index (χ3v) is 3.80. The highest BCUT2D eigenvalue weighted by Gasteiger charge is 2.42. The Hall–Kier alpha value is -0.770. The molecule has 0 aromatic heterocycles. The molecular formula is C12H22N2O2. The second kappa shape index (κ2) is 5.04. The zero-order valence-electron chi connectivity index (χ0n) is 10.1. The number of hydrogen-bond donors (Lipinski definition) is 1. The first kappa shape index (κ1) is 11.7. The number of nitrogens with one attached hydrogen (secondary N) is 1. The van der Waals surface area contributed by atoms with Gasteiger partial charge >= 0.3 is 6.03 Å². The number of rotatable bonds is 5. The number of amides is 2. The maximum absolute atomic E-state index is 11.8. The van der Waals surface area contributed by atoms with Crippen molar-refractivity contribution < 1.29 is 9.53 Å². The average Bonchev–Trinajstić information content (AvgIpc) is 2.85. The Balaban J connectivity index is 1.68. The van der Waals surface area contributed by atoms with Crippen LogP contribution in [-0.2, 0) is 4.74 Å². The Morgan fingerprint density at radius 3 is 2.62 bits per heavy atom. The molecule has 0 unspecified atom stereocenters. The van der Waals surface area contributed by atoms with Gasteiger partial charge in [0.2, 0.25) is 0 Å². The first-order chi connectivity index (χ1) is 7.76. The molecule has 0 aromatic carbocycles. The summed E-state index contributed by atoms with van der Waals surface area (Å²) >= 11 is 0. The molecule has 16 heavy (non-hydrogen) atoms. The van der Waals surface area contributed by atoms with Crippen LogP contribution < -0.4 is 5.32 Å². The first-order valence-corrected chi connectivity index (χ1v) is 6.27. The minimum absolute atomic E-state index is 0.126. The number of carbonyl (C=O) groups is 1. The van der Waals surface area contributed by atoms with Crippen molar-refractivity contribution in [1.29, 1.82) is 0 Å². The van der Waals surface area contributed by atoms with Crippen molar-refractivity contribution in [3.05, 3.63) is 0 Å². The van der Waals surface area contributed by atoms with Crippen molar-refractivity contribution in [2.45, 2.75) is 32.1 Å². The van der Waals surface area contributed by atoms with Crippen LogP contribution in [0.15, 0.2) is 0 Å². The maximum atomic E-state index is 11.8. The van der Waals surface area contributed by atoms with E-state index in [0.29, 0.717) is 5.41 Å². The Morgan fingerprint density at radius 1 is 1.38 bits per heavy atom. The highest BCUT2D eigenvalue weighted by Crippen LogP contribution is 2.48. The van der Waals surface area contributed by atoms with Crippen LogP contribution in [0.5, 0.6) is 0 Å². The van der Waals surface area contributed by atoms with Gasteiger partial charge in [0, 0.05) is 33.4 Å². The topological polar surface area (TPSA) is 41.6 Å². The maximum Gasteiger partial charge on any atom is 0.317 e. The molecule has 1 N–H and O–H groups in total. The van der Waals surface area contributed by atoms with Crippen LogP contribution in [0.25, 0.3) is 0 Å². The molecule has 1 aliphatic carbocycles. The molecule has 0 spiro atoms. The lowest BCUT2D eigenvalue weighted by Gasteiger charge is -2.20. The molecule has 0 radical (unpaired) electrons. The number of carbonyl (C=O) groups excluding carboxylic acids is 1. The van der Waals surface area contributed by atoms with Gasteiger partial charge in [-0.25, -0.2) is 4.79 Å². The van der Waals surface area contributed by atoms with Crippen molar-refractivity contribution >= 4 is 6.03 Å². The van der Waals surface area contributed by atoms with E-state index < -0.39 is 0 Å². The minimum Gasteiger partial charge on any atom is -0.385 e. The number of nitrogens with zero attached hydrogens (tertiary/aromatic N) is 1. The van der Waals surface area contributed by atoms with Crippen molar-refractivity contribution in [2.24, 2.45) is 5.41 Å². The van der Waals surface area contributed by atoms with Crippen LogP contribution in [0.4, 0.5) is 4.79 Å². The summed E-state index contributed by atoms with van der Waals surface area (Å²) in [4.78, 5) is 13.7. The molecule has 2 amide bonds.